The summed E-state index contributed by atoms with van der Waals surface area (Å²) < 4.78 is 12.9. The van der Waals surface area contributed by atoms with Gasteiger partial charge in [0.1, 0.15) is 11.9 Å². The van der Waals surface area contributed by atoms with Crippen molar-refractivity contribution in [3.8, 4) is 0 Å². The second-order valence-corrected chi connectivity index (χ2v) is 5.80. The van der Waals surface area contributed by atoms with Crippen LogP contribution < -0.4 is 10.6 Å². The van der Waals surface area contributed by atoms with Gasteiger partial charge in [0.2, 0.25) is 5.91 Å². The lowest BCUT2D eigenvalue weighted by molar-refractivity contribution is -0.124. The third-order valence-electron chi connectivity index (χ3n) is 3.97. The van der Waals surface area contributed by atoms with Gasteiger partial charge in [-0.1, -0.05) is 12.1 Å². The zero-order chi connectivity index (χ0) is 16.9. The fourth-order valence-corrected chi connectivity index (χ4v) is 2.68. The smallest absolute Gasteiger partial charge is 0.252 e. The Morgan fingerprint density at radius 3 is 2.83 bits per heavy atom. The molecule has 0 radical (unpaired) electrons. The van der Waals surface area contributed by atoms with Gasteiger partial charge in [0.25, 0.3) is 5.91 Å². The Morgan fingerprint density at radius 1 is 1.29 bits per heavy atom. The highest BCUT2D eigenvalue weighted by molar-refractivity contribution is 5.97. The Balaban J connectivity index is 1.68. The second-order valence-electron chi connectivity index (χ2n) is 5.80. The predicted molar refractivity (Wildman–Crippen MR) is 86.9 cm³/mol. The van der Waals surface area contributed by atoms with Gasteiger partial charge >= 0.3 is 0 Å². The van der Waals surface area contributed by atoms with Crippen molar-refractivity contribution in [2.45, 2.75) is 25.3 Å². The van der Waals surface area contributed by atoms with Gasteiger partial charge in [-0.05, 0) is 42.7 Å². The molecule has 2 N–H and O–H groups in total. The molecule has 1 aliphatic rings. The van der Waals surface area contributed by atoms with E-state index in [1.807, 2.05) is 0 Å². The molecular formula is C18H18FN3O2. The molecule has 2 amide bonds. The van der Waals surface area contributed by atoms with Crippen LogP contribution in [0, 0.1) is 5.82 Å². The van der Waals surface area contributed by atoms with Crippen LogP contribution in [0.3, 0.4) is 0 Å². The SMILES string of the molecule is O=C(NC1CCCNC1=O)c1ccnc(Cc2ccc(F)cc2)c1. The summed E-state index contributed by atoms with van der Waals surface area (Å²) in [6.07, 6.45) is 3.56. The Hall–Kier alpha value is -2.76. The van der Waals surface area contributed by atoms with Crippen LogP contribution in [0.1, 0.15) is 34.5 Å². The molecule has 124 valence electrons. The largest absolute Gasteiger partial charge is 0.354 e. The molecule has 1 fully saturated rings. The highest BCUT2D eigenvalue weighted by Crippen LogP contribution is 2.11. The summed E-state index contributed by atoms with van der Waals surface area (Å²) in [4.78, 5) is 28.3. The maximum Gasteiger partial charge on any atom is 0.252 e. The van der Waals surface area contributed by atoms with Gasteiger partial charge in [-0.15, -0.1) is 0 Å². The van der Waals surface area contributed by atoms with Crippen molar-refractivity contribution in [2.75, 3.05) is 6.54 Å². The van der Waals surface area contributed by atoms with E-state index < -0.39 is 6.04 Å². The summed E-state index contributed by atoms with van der Waals surface area (Å²) >= 11 is 0. The number of carbonyl (C=O) groups is 2. The predicted octanol–water partition coefficient (Wildman–Crippen LogP) is 1.82. The number of hydrogen-bond acceptors (Lipinski definition) is 3. The molecule has 6 heteroatoms. The zero-order valence-electron chi connectivity index (χ0n) is 13.1. The lowest BCUT2D eigenvalue weighted by atomic mass is 10.1. The van der Waals surface area contributed by atoms with Crippen LogP contribution in [0.5, 0.6) is 0 Å². The van der Waals surface area contributed by atoms with Crippen LogP contribution in [0.15, 0.2) is 42.6 Å². The highest BCUT2D eigenvalue weighted by Gasteiger charge is 2.24. The summed E-state index contributed by atoms with van der Waals surface area (Å²) in [5.74, 6) is -0.722. The van der Waals surface area contributed by atoms with Crippen molar-refractivity contribution < 1.29 is 14.0 Å². The number of nitrogens with zero attached hydrogens (tertiary/aromatic N) is 1. The molecule has 24 heavy (non-hydrogen) atoms. The van der Waals surface area contributed by atoms with Crippen LogP contribution in [-0.2, 0) is 11.2 Å². The van der Waals surface area contributed by atoms with E-state index in [0.29, 0.717) is 30.6 Å². The Bertz CT molecular complexity index is 746. The van der Waals surface area contributed by atoms with Gasteiger partial charge in [0.05, 0.1) is 0 Å². The van der Waals surface area contributed by atoms with Crippen molar-refractivity contribution in [1.82, 2.24) is 15.6 Å². The van der Waals surface area contributed by atoms with E-state index in [-0.39, 0.29) is 17.6 Å². The first-order chi connectivity index (χ1) is 11.6. The van der Waals surface area contributed by atoms with Crippen LogP contribution in [0.25, 0.3) is 0 Å². The number of aromatic nitrogens is 1. The van der Waals surface area contributed by atoms with E-state index in [9.17, 15) is 14.0 Å². The molecule has 0 saturated carbocycles. The maximum atomic E-state index is 12.9. The quantitative estimate of drug-likeness (QED) is 0.900. The minimum Gasteiger partial charge on any atom is -0.354 e. The molecule has 3 rings (SSSR count). The van der Waals surface area contributed by atoms with E-state index in [0.717, 1.165) is 12.0 Å². The van der Waals surface area contributed by atoms with Crippen LogP contribution >= 0.6 is 0 Å². The van der Waals surface area contributed by atoms with Crippen molar-refractivity contribution in [3.63, 3.8) is 0 Å². The molecule has 0 bridgehead atoms. The van der Waals surface area contributed by atoms with Crippen molar-refractivity contribution in [1.29, 1.82) is 0 Å². The second kappa shape index (κ2) is 7.21. The van der Waals surface area contributed by atoms with E-state index in [4.69, 9.17) is 0 Å². The third-order valence-corrected chi connectivity index (χ3v) is 3.97. The lowest BCUT2D eigenvalue weighted by Gasteiger charge is -2.22. The van der Waals surface area contributed by atoms with Crippen molar-refractivity contribution in [2.24, 2.45) is 0 Å². The molecule has 1 aliphatic heterocycles. The number of pyridine rings is 1. The Kier molecular flexibility index (Phi) is 4.84. The van der Waals surface area contributed by atoms with Gasteiger partial charge in [-0.25, -0.2) is 4.39 Å². The minimum atomic E-state index is -0.486. The molecule has 0 spiro atoms. The number of benzene rings is 1. The van der Waals surface area contributed by atoms with E-state index in [2.05, 4.69) is 15.6 Å². The fraction of sp³-hybridized carbons (Fsp3) is 0.278. The standard InChI is InChI=1S/C18H18FN3O2/c19-14-5-3-12(4-6-14)10-15-11-13(7-9-20-15)17(23)22-16-2-1-8-21-18(16)24/h3-7,9,11,16H,1-2,8,10H2,(H,21,24)(H,22,23). The molecule has 1 unspecified atom stereocenters. The summed E-state index contributed by atoms with van der Waals surface area (Å²) in [7, 11) is 0. The first-order valence-electron chi connectivity index (χ1n) is 7.90. The molecule has 0 aliphatic carbocycles. The maximum absolute atomic E-state index is 12.9. The van der Waals surface area contributed by atoms with Crippen molar-refractivity contribution >= 4 is 11.8 Å². The van der Waals surface area contributed by atoms with Gasteiger partial charge < -0.3 is 10.6 Å². The lowest BCUT2D eigenvalue weighted by Crippen LogP contribution is -2.50. The molecule has 1 aromatic heterocycles. The Morgan fingerprint density at radius 2 is 2.08 bits per heavy atom. The summed E-state index contributed by atoms with van der Waals surface area (Å²) in [5.41, 5.74) is 2.08. The highest BCUT2D eigenvalue weighted by atomic mass is 19.1. The molecule has 5 nitrogen and oxygen atoms in total. The van der Waals surface area contributed by atoms with E-state index >= 15 is 0 Å². The molecule has 1 saturated heterocycles. The molecular weight excluding hydrogens is 309 g/mol. The van der Waals surface area contributed by atoms with Crippen LogP contribution in [0.4, 0.5) is 4.39 Å². The number of piperidine rings is 1. The van der Waals surface area contributed by atoms with Gasteiger partial charge in [0, 0.05) is 30.4 Å². The first-order valence-corrected chi connectivity index (χ1v) is 7.90. The summed E-state index contributed by atoms with van der Waals surface area (Å²) in [6.45, 7) is 0.655. The van der Waals surface area contributed by atoms with Crippen molar-refractivity contribution in [3.05, 3.63) is 65.2 Å². The van der Waals surface area contributed by atoms with E-state index in [1.54, 1.807) is 30.5 Å². The average molecular weight is 327 g/mol. The van der Waals surface area contributed by atoms with Gasteiger partial charge in [-0.3, -0.25) is 14.6 Å². The number of hydrogen-bond donors (Lipinski definition) is 2. The number of nitrogens with one attached hydrogen (secondary N) is 2. The third kappa shape index (κ3) is 3.95. The fourth-order valence-electron chi connectivity index (χ4n) is 2.68. The monoisotopic (exact) mass is 327 g/mol. The topological polar surface area (TPSA) is 71.1 Å². The number of amides is 2. The van der Waals surface area contributed by atoms with Crippen LogP contribution in [-0.4, -0.2) is 29.4 Å². The average Bonchev–Trinajstić information content (AvgIpc) is 2.59. The number of halogens is 1. The summed E-state index contributed by atoms with van der Waals surface area (Å²) in [6, 6.07) is 9.00. The number of rotatable bonds is 4. The Labute approximate surface area is 139 Å². The molecule has 1 aromatic carbocycles. The van der Waals surface area contributed by atoms with E-state index in [1.165, 1.54) is 12.1 Å². The van der Waals surface area contributed by atoms with Gasteiger partial charge in [-0.2, -0.15) is 0 Å². The summed E-state index contributed by atoms with van der Waals surface area (Å²) in [5, 5.41) is 5.50. The molecule has 2 aromatic rings. The van der Waals surface area contributed by atoms with Crippen LogP contribution in [0.2, 0.25) is 0 Å². The molecule has 1 atom stereocenters. The normalized spacial score (nSPS) is 17.2. The van der Waals surface area contributed by atoms with Gasteiger partial charge in [0.15, 0.2) is 0 Å². The number of carbonyl (C=O) groups excluding carboxylic acids is 2. The zero-order valence-corrected chi connectivity index (χ0v) is 13.1. The minimum absolute atomic E-state index is 0.143. The molecule has 2 heterocycles. The first kappa shape index (κ1) is 16.1.